The number of rotatable bonds is 8. The Morgan fingerprint density at radius 3 is 2.27 bits per heavy atom. The number of carbonyl (C=O) groups excluding carboxylic acids is 1. The first-order valence-corrected chi connectivity index (χ1v) is 5.75. The molecular weight excluding hydrogens is 218 g/mol. The van der Waals surface area contributed by atoms with E-state index in [0.29, 0.717) is 25.6 Å². The summed E-state index contributed by atoms with van der Waals surface area (Å²) in [5.41, 5.74) is 0. The van der Waals surface area contributed by atoms with Gasteiger partial charge in [-0.1, -0.05) is 6.92 Å². The van der Waals surface area contributed by atoms with Crippen LogP contribution in [0, 0.1) is 5.92 Å². The molecule has 0 aliphatic carbocycles. The van der Waals surface area contributed by atoms with Gasteiger partial charge < -0.3 is 14.8 Å². The number of ether oxygens (including phenoxy) is 2. The van der Waals surface area contributed by atoms with Crippen LogP contribution in [0.2, 0.25) is 0 Å². The smallest absolute Gasteiger partial charge is 0.224 e. The Hall–Kier alpha value is -0.320. The topological polar surface area (TPSA) is 47.6 Å². The minimum absolute atomic E-state index is 0.0746. The zero-order valence-electron chi connectivity index (χ0n) is 9.59. The SMILES string of the molecule is CCOC(CNC(=O)C(C)CCl)OCC. The minimum atomic E-state index is -0.369. The molecule has 0 aromatic heterocycles. The molecule has 0 aromatic carbocycles. The highest BCUT2D eigenvalue weighted by molar-refractivity contribution is 6.19. The second-order valence-corrected chi connectivity index (χ2v) is 3.45. The summed E-state index contributed by atoms with van der Waals surface area (Å²) in [6.07, 6.45) is -0.369. The van der Waals surface area contributed by atoms with Crippen LogP contribution < -0.4 is 5.32 Å². The Kier molecular flexibility index (Phi) is 8.76. The Balaban J connectivity index is 3.82. The molecule has 1 N–H and O–H groups in total. The van der Waals surface area contributed by atoms with Crippen LogP contribution >= 0.6 is 11.6 Å². The largest absolute Gasteiger partial charge is 0.351 e. The highest BCUT2D eigenvalue weighted by atomic mass is 35.5. The number of hydrogen-bond donors (Lipinski definition) is 1. The normalized spacial score (nSPS) is 12.9. The summed E-state index contributed by atoms with van der Waals surface area (Å²) in [5, 5.41) is 2.73. The molecule has 0 spiro atoms. The van der Waals surface area contributed by atoms with Gasteiger partial charge >= 0.3 is 0 Å². The van der Waals surface area contributed by atoms with E-state index in [4.69, 9.17) is 21.1 Å². The quantitative estimate of drug-likeness (QED) is 0.513. The molecule has 0 aliphatic rings. The molecule has 1 atom stereocenters. The molecule has 5 heteroatoms. The van der Waals surface area contributed by atoms with Crippen LogP contribution in [0.25, 0.3) is 0 Å². The molecule has 0 saturated carbocycles. The van der Waals surface area contributed by atoms with Gasteiger partial charge in [-0.25, -0.2) is 0 Å². The highest BCUT2D eigenvalue weighted by Crippen LogP contribution is 1.99. The van der Waals surface area contributed by atoms with Crippen LogP contribution in [0.15, 0.2) is 0 Å². The van der Waals surface area contributed by atoms with Crippen molar-refractivity contribution in [1.82, 2.24) is 5.32 Å². The van der Waals surface area contributed by atoms with Crippen molar-refractivity contribution in [2.75, 3.05) is 25.6 Å². The maximum Gasteiger partial charge on any atom is 0.224 e. The lowest BCUT2D eigenvalue weighted by molar-refractivity contribution is -0.141. The summed E-state index contributed by atoms with van der Waals surface area (Å²) < 4.78 is 10.6. The molecule has 0 bridgehead atoms. The predicted octanol–water partition coefficient (Wildman–Crippen LogP) is 1.38. The molecule has 0 rings (SSSR count). The molecular formula is C10H20ClNO3. The maximum atomic E-state index is 11.4. The summed E-state index contributed by atoms with van der Waals surface area (Å²) in [7, 11) is 0. The van der Waals surface area contributed by atoms with Crippen molar-refractivity contribution in [3.05, 3.63) is 0 Å². The van der Waals surface area contributed by atoms with Crippen LogP contribution in [0.5, 0.6) is 0 Å². The summed E-state index contributed by atoms with van der Waals surface area (Å²) in [6.45, 7) is 7.03. The molecule has 0 fully saturated rings. The van der Waals surface area contributed by atoms with Crippen molar-refractivity contribution < 1.29 is 14.3 Å². The van der Waals surface area contributed by atoms with E-state index in [1.807, 2.05) is 13.8 Å². The Bertz CT molecular complexity index is 172. The van der Waals surface area contributed by atoms with E-state index in [9.17, 15) is 4.79 Å². The Morgan fingerprint density at radius 1 is 1.33 bits per heavy atom. The van der Waals surface area contributed by atoms with Gasteiger partial charge in [0, 0.05) is 25.0 Å². The third-order valence-corrected chi connectivity index (χ3v) is 2.29. The molecule has 90 valence electrons. The van der Waals surface area contributed by atoms with Crippen molar-refractivity contribution in [2.45, 2.75) is 27.1 Å². The van der Waals surface area contributed by atoms with Gasteiger partial charge in [0.05, 0.1) is 6.54 Å². The second-order valence-electron chi connectivity index (χ2n) is 3.14. The first kappa shape index (κ1) is 14.7. The average molecular weight is 238 g/mol. The third-order valence-electron chi connectivity index (χ3n) is 1.83. The summed E-state index contributed by atoms with van der Waals surface area (Å²) in [5.74, 6) is 0.0599. The van der Waals surface area contributed by atoms with E-state index in [0.717, 1.165) is 0 Å². The third kappa shape index (κ3) is 6.71. The first-order valence-electron chi connectivity index (χ1n) is 5.22. The van der Waals surface area contributed by atoms with Gasteiger partial charge in [-0.2, -0.15) is 0 Å². The van der Waals surface area contributed by atoms with Crippen molar-refractivity contribution in [3.63, 3.8) is 0 Å². The van der Waals surface area contributed by atoms with E-state index in [2.05, 4.69) is 5.32 Å². The van der Waals surface area contributed by atoms with E-state index in [1.165, 1.54) is 0 Å². The lowest BCUT2D eigenvalue weighted by Gasteiger charge is -2.18. The number of nitrogens with one attached hydrogen (secondary N) is 1. The fraction of sp³-hybridized carbons (Fsp3) is 0.900. The van der Waals surface area contributed by atoms with E-state index in [1.54, 1.807) is 6.92 Å². The molecule has 0 heterocycles. The fourth-order valence-electron chi connectivity index (χ4n) is 0.966. The van der Waals surface area contributed by atoms with Crippen LogP contribution in [-0.2, 0) is 14.3 Å². The first-order chi connectivity index (χ1) is 7.15. The van der Waals surface area contributed by atoms with Crippen molar-refractivity contribution in [3.8, 4) is 0 Å². The minimum Gasteiger partial charge on any atom is -0.351 e. The molecule has 0 radical (unpaired) electrons. The number of hydrogen-bond acceptors (Lipinski definition) is 3. The van der Waals surface area contributed by atoms with Gasteiger partial charge in [-0.05, 0) is 13.8 Å². The van der Waals surface area contributed by atoms with E-state index in [-0.39, 0.29) is 18.1 Å². The molecule has 1 unspecified atom stereocenters. The van der Waals surface area contributed by atoms with Crippen molar-refractivity contribution in [2.24, 2.45) is 5.92 Å². The Morgan fingerprint density at radius 2 is 1.87 bits per heavy atom. The monoisotopic (exact) mass is 237 g/mol. The van der Waals surface area contributed by atoms with Crippen molar-refractivity contribution in [1.29, 1.82) is 0 Å². The highest BCUT2D eigenvalue weighted by Gasteiger charge is 2.14. The summed E-state index contributed by atoms with van der Waals surface area (Å²) in [6, 6.07) is 0. The van der Waals surface area contributed by atoms with Gasteiger partial charge in [0.2, 0.25) is 5.91 Å². The van der Waals surface area contributed by atoms with Crippen LogP contribution in [-0.4, -0.2) is 37.8 Å². The maximum absolute atomic E-state index is 11.4. The zero-order chi connectivity index (χ0) is 11.7. The predicted molar refractivity (Wildman–Crippen MR) is 59.9 cm³/mol. The standard InChI is InChI=1S/C10H20ClNO3/c1-4-14-9(15-5-2)7-12-10(13)8(3)6-11/h8-9H,4-7H2,1-3H3,(H,12,13). The fourth-order valence-corrected chi connectivity index (χ4v) is 1.11. The second kappa shape index (κ2) is 8.95. The summed E-state index contributed by atoms with van der Waals surface area (Å²) in [4.78, 5) is 11.4. The average Bonchev–Trinajstić information content (AvgIpc) is 2.25. The van der Waals surface area contributed by atoms with E-state index < -0.39 is 0 Å². The van der Waals surface area contributed by atoms with Gasteiger partial charge in [-0.15, -0.1) is 11.6 Å². The molecule has 0 aliphatic heterocycles. The summed E-state index contributed by atoms with van der Waals surface area (Å²) >= 11 is 5.56. The van der Waals surface area contributed by atoms with Crippen LogP contribution in [0.4, 0.5) is 0 Å². The molecule has 0 aromatic rings. The van der Waals surface area contributed by atoms with Crippen molar-refractivity contribution >= 4 is 17.5 Å². The van der Waals surface area contributed by atoms with E-state index >= 15 is 0 Å². The molecule has 15 heavy (non-hydrogen) atoms. The van der Waals surface area contributed by atoms with Gasteiger partial charge in [0.1, 0.15) is 0 Å². The molecule has 1 amide bonds. The lowest BCUT2D eigenvalue weighted by atomic mass is 10.2. The zero-order valence-corrected chi connectivity index (χ0v) is 10.3. The van der Waals surface area contributed by atoms with Gasteiger partial charge in [-0.3, -0.25) is 4.79 Å². The Labute approximate surface area is 96.3 Å². The lowest BCUT2D eigenvalue weighted by Crippen LogP contribution is -2.38. The van der Waals surface area contributed by atoms with Gasteiger partial charge in [0.15, 0.2) is 6.29 Å². The molecule has 0 saturated heterocycles. The van der Waals surface area contributed by atoms with Crippen LogP contribution in [0.3, 0.4) is 0 Å². The van der Waals surface area contributed by atoms with Gasteiger partial charge in [0.25, 0.3) is 0 Å². The number of halogens is 1. The number of alkyl halides is 1. The number of carbonyl (C=O) groups is 1. The van der Waals surface area contributed by atoms with Crippen LogP contribution in [0.1, 0.15) is 20.8 Å². The molecule has 4 nitrogen and oxygen atoms in total. The number of amides is 1.